The fraction of sp³-hybridized carbons (Fsp3) is 0.444. The van der Waals surface area contributed by atoms with Crippen LogP contribution in [0.3, 0.4) is 0 Å². The standard InChI is InChI=1S/C18H25N5S.HI/c1-14-12-21-17(24-14)8-10-20-18(19-2)22-15-9-11-23(13-15)16-6-4-3-5-7-16;/h3-7,12,15H,8-11,13H2,1-2H3,(H2,19,20,22);1H. The van der Waals surface area contributed by atoms with Crippen LogP contribution in [0.4, 0.5) is 5.69 Å². The number of aliphatic imine (C=N–C) groups is 1. The number of thiazole rings is 1. The fourth-order valence-electron chi connectivity index (χ4n) is 2.94. The number of anilines is 1. The van der Waals surface area contributed by atoms with Gasteiger partial charge in [-0.2, -0.15) is 0 Å². The lowest BCUT2D eigenvalue weighted by atomic mass is 10.3. The smallest absolute Gasteiger partial charge is 0.191 e. The molecule has 1 aliphatic heterocycles. The minimum atomic E-state index is 0. The number of halogens is 1. The highest BCUT2D eigenvalue weighted by atomic mass is 127. The fourth-order valence-corrected chi connectivity index (χ4v) is 3.73. The van der Waals surface area contributed by atoms with Gasteiger partial charge in [0, 0.05) is 55.9 Å². The van der Waals surface area contributed by atoms with Gasteiger partial charge in [0.05, 0.1) is 5.01 Å². The van der Waals surface area contributed by atoms with Crippen molar-refractivity contribution in [3.05, 3.63) is 46.4 Å². The molecule has 1 atom stereocenters. The molecular weight excluding hydrogens is 445 g/mol. The van der Waals surface area contributed by atoms with E-state index in [0.717, 1.165) is 38.4 Å². The monoisotopic (exact) mass is 471 g/mol. The van der Waals surface area contributed by atoms with Gasteiger partial charge in [-0.05, 0) is 25.5 Å². The zero-order chi connectivity index (χ0) is 16.8. The maximum atomic E-state index is 4.40. The van der Waals surface area contributed by atoms with Crippen molar-refractivity contribution in [2.75, 3.05) is 31.6 Å². The molecule has 0 spiro atoms. The molecule has 1 aromatic carbocycles. The molecule has 0 radical (unpaired) electrons. The van der Waals surface area contributed by atoms with Crippen LogP contribution in [0.5, 0.6) is 0 Å². The molecule has 0 bridgehead atoms. The van der Waals surface area contributed by atoms with Crippen LogP contribution >= 0.6 is 35.3 Å². The molecule has 1 unspecified atom stereocenters. The lowest BCUT2D eigenvalue weighted by Crippen LogP contribution is -2.45. The summed E-state index contributed by atoms with van der Waals surface area (Å²) in [5.74, 6) is 0.878. The first-order chi connectivity index (χ1) is 11.7. The summed E-state index contributed by atoms with van der Waals surface area (Å²) in [6.45, 7) is 5.03. The SMILES string of the molecule is CN=C(NCCc1ncc(C)s1)NC1CCN(c2ccccc2)C1.I. The Morgan fingerprint density at radius 3 is 2.84 bits per heavy atom. The van der Waals surface area contributed by atoms with E-state index in [0.29, 0.717) is 6.04 Å². The molecule has 1 aliphatic rings. The predicted molar refractivity (Wildman–Crippen MR) is 118 cm³/mol. The highest BCUT2D eigenvalue weighted by Gasteiger charge is 2.23. The number of aromatic nitrogens is 1. The van der Waals surface area contributed by atoms with E-state index in [-0.39, 0.29) is 24.0 Å². The largest absolute Gasteiger partial charge is 0.369 e. The van der Waals surface area contributed by atoms with Gasteiger partial charge in [0.2, 0.25) is 0 Å². The van der Waals surface area contributed by atoms with Crippen LogP contribution in [-0.2, 0) is 6.42 Å². The summed E-state index contributed by atoms with van der Waals surface area (Å²) in [5.41, 5.74) is 1.30. The van der Waals surface area contributed by atoms with E-state index in [9.17, 15) is 0 Å². The molecule has 1 aromatic heterocycles. The Kier molecular flexibility index (Phi) is 7.95. The van der Waals surface area contributed by atoms with E-state index < -0.39 is 0 Å². The molecule has 2 N–H and O–H groups in total. The maximum Gasteiger partial charge on any atom is 0.191 e. The Balaban J connectivity index is 0.00000225. The number of guanidine groups is 1. The summed E-state index contributed by atoms with van der Waals surface area (Å²) in [6.07, 6.45) is 3.99. The third-order valence-electron chi connectivity index (χ3n) is 4.17. The number of benzene rings is 1. The van der Waals surface area contributed by atoms with E-state index in [1.165, 1.54) is 15.6 Å². The van der Waals surface area contributed by atoms with Crippen LogP contribution < -0.4 is 15.5 Å². The van der Waals surface area contributed by atoms with Crippen molar-refractivity contribution in [3.8, 4) is 0 Å². The minimum absolute atomic E-state index is 0. The second kappa shape index (κ2) is 9.96. The predicted octanol–water partition coefficient (Wildman–Crippen LogP) is 3.06. The molecule has 0 amide bonds. The molecule has 2 aromatic rings. The average Bonchev–Trinajstić information content (AvgIpc) is 3.24. The molecule has 7 heteroatoms. The van der Waals surface area contributed by atoms with Gasteiger partial charge in [-0.1, -0.05) is 18.2 Å². The lowest BCUT2D eigenvalue weighted by molar-refractivity contribution is 0.648. The van der Waals surface area contributed by atoms with Gasteiger partial charge in [-0.3, -0.25) is 4.99 Å². The molecule has 25 heavy (non-hydrogen) atoms. The molecular formula is C18H26IN5S. The second-order valence-electron chi connectivity index (χ2n) is 6.03. The van der Waals surface area contributed by atoms with Crippen molar-refractivity contribution in [1.29, 1.82) is 0 Å². The molecule has 0 saturated carbocycles. The van der Waals surface area contributed by atoms with Crippen LogP contribution in [0.25, 0.3) is 0 Å². The number of nitrogens with zero attached hydrogens (tertiary/aromatic N) is 3. The number of hydrogen-bond acceptors (Lipinski definition) is 4. The zero-order valence-electron chi connectivity index (χ0n) is 14.7. The quantitative estimate of drug-likeness (QED) is 0.400. The number of hydrogen-bond donors (Lipinski definition) is 2. The van der Waals surface area contributed by atoms with Crippen molar-refractivity contribution < 1.29 is 0 Å². The summed E-state index contributed by atoms with van der Waals surface area (Å²) in [5, 5.41) is 8.11. The van der Waals surface area contributed by atoms with Gasteiger partial charge in [-0.15, -0.1) is 35.3 Å². The topological polar surface area (TPSA) is 52.6 Å². The summed E-state index contributed by atoms with van der Waals surface area (Å²) in [4.78, 5) is 12.4. The number of rotatable bonds is 5. The molecule has 2 heterocycles. The van der Waals surface area contributed by atoms with Crippen molar-refractivity contribution in [1.82, 2.24) is 15.6 Å². The Morgan fingerprint density at radius 1 is 1.36 bits per heavy atom. The van der Waals surface area contributed by atoms with Crippen LogP contribution in [0.1, 0.15) is 16.3 Å². The minimum Gasteiger partial charge on any atom is -0.369 e. The van der Waals surface area contributed by atoms with Gasteiger partial charge in [0.25, 0.3) is 0 Å². The van der Waals surface area contributed by atoms with Gasteiger partial charge in [0.1, 0.15) is 0 Å². The van der Waals surface area contributed by atoms with E-state index in [1.54, 1.807) is 11.3 Å². The third kappa shape index (κ3) is 5.85. The summed E-state index contributed by atoms with van der Waals surface area (Å²) in [7, 11) is 1.83. The van der Waals surface area contributed by atoms with Crippen molar-refractivity contribution in [3.63, 3.8) is 0 Å². The Morgan fingerprint density at radius 2 is 2.16 bits per heavy atom. The Labute approximate surface area is 171 Å². The van der Waals surface area contributed by atoms with E-state index in [1.807, 2.05) is 13.2 Å². The van der Waals surface area contributed by atoms with Gasteiger partial charge < -0.3 is 15.5 Å². The first-order valence-corrected chi connectivity index (χ1v) is 9.25. The van der Waals surface area contributed by atoms with Crippen LogP contribution in [0, 0.1) is 6.92 Å². The first kappa shape index (κ1) is 20.0. The molecule has 3 rings (SSSR count). The molecule has 136 valence electrons. The second-order valence-corrected chi connectivity index (χ2v) is 7.34. The molecule has 0 aliphatic carbocycles. The Hall–Kier alpha value is -1.35. The zero-order valence-corrected chi connectivity index (χ0v) is 17.9. The van der Waals surface area contributed by atoms with Gasteiger partial charge in [-0.25, -0.2) is 4.98 Å². The lowest BCUT2D eigenvalue weighted by Gasteiger charge is -2.20. The highest BCUT2D eigenvalue weighted by molar-refractivity contribution is 14.0. The summed E-state index contributed by atoms with van der Waals surface area (Å²) in [6, 6.07) is 11.0. The van der Waals surface area contributed by atoms with Gasteiger partial charge in [0.15, 0.2) is 5.96 Å². The highest BCUT2D eigenvalue weighted by Crippen LogP contribution is 2.19. The van der Waals surface area contributed by atoms with Crippen LogP contribution in [0.2, 0.25) is 0 Å². The number of aryl methyl sites for hydroxylation is 1. The third-order valence-corrected chi connectivity index (χ3v) is 5.15. The summed E-state index contributed by atoms with van der Waals surface area (Å²) < 4.78 is 0. The average molecular weight is 471 g/mol. The first-order valence-electron chi connectivity index (χ1n) is 8.43. The van der Waals surface area contributed by atoms with Crippen molar-refractivity contribution >= 4 is 47.0 Å². The van der Waals surface area contributed by atoms with Crippen LogP contribution in [0.15, 0.2) is 41.5 Å². The number of para-hydroxylation sites is 1. The normalized spacial score (nSPS) is 17.3. The Bertz CT molecular complexity index is 673. The number of nitrogens with one attached hydrogen (secondary N) is 2. The van der Waals surface area contributed by atoms with Crippen LogP contribution in [-0.4, -0.2) is 43.7 Å². The molecule has 1 saturated heterocycles. The van der Waals surface area contributed by atoms with E-state index in [2.05, 4.69) is 62.8 Å². The van der Waals surface area contributed by atoms with E-state index in [4.69, 9.17) is 0 Å². The van der Waals surface area contributed by atoms with Crippen molar-refractivity contribution in [2.45, 2.75) is 25.8 Å². The van der Waals surface area contributed by atoms with E-state index >= 15 is 0 Å². The summed E-state index contributed by atoms with van der Waals surface area (Å²) >= 11 is 1.76. The molecule has 5 nitrogen and oxygen atoms in total. The van der Waals surface area contributed by atoms with Crippen molar-refractivity contribution in [2.24, 2.45) is 4.99 Å². The van der Waals surface area contributed by atoms with Gasteiger partial charge >= 0.3 is 0 Å². The maximum absolute atomic E-state index is 4.40. The molecule has 1 fully saturated rings.